The largest absolute Gasteiger partial charge is 0.508 e. The molecular formula is C27H37N3O5S. The Balaban J connectivity index is 1.71. The van der Waals surface area contributed by atoms with Crippen LogP contribution < -0.4 is 15.4 Å². The van der Waals surface area contributed by atoms with E-state index in [9.17, 15) is 23.1 Å². The van der Waals surface area contributed by atoms with Crippen LogP contribution in [0.5, 0.6) is 5.75 Å². The Hall–Kier alpha value is -3.07. The summed E-state index contributed by atoms with van der Waals surface area (Å²) >= 11 is 0. The van der Waals surface area contributed by atoms with Gasteiger partial charge in [0, 0.05) is 18.7 Å². The highest BCUT2D eigenvalue weighted by molar-refractivity contribution is 7.92. The number of hydrogen-bond acceptors (Lipinski definition) is 5. The molecule has 1 aliphatic carbocycles. The van der Waals surface area contributed by atoms with Crippen LogP contribution in [0.25, 0.3) is 0 Å². The van der Waals surface area contributed by atoms with Gasteiger partial charge in [-0.25, -0.2) is 8.42 Å². The molecule has 2 atom stereocenters. The Labute approximate surface area is 213 Å². The molecule has 36 heavy (non-hydrogen) atoms. The predicted molar refractivity (Wildman–Crippen MR) is 141 cm³/mol. The molecule has 0 heterocycles. The summed E-state index contributed by atoms with van der Waals surface area (Å²) in [5.41, 5.74) is 1.37. The van der Waals surface area contributed by atoms with Crippen molar-refractivity contribution in [1.82, 2.24) is 10.6 Å². The van der Waals surface area contributed by atoms with Crippen LogP contribution >= 0.6 is 0 Å². The van der Waals surface area contributed by atoms with Gasteiger partial charge in [0.25, 0.3) is 0 Å². The molecule has 0 aliphatic heterocycles. The van der Waals surface area contributed by atoms with Gasteiger partial charge in [-0.05, 0) is 55.0 Å². The second-order valence-corrected chi connectivity index (χ2v) is 11.4. The maximum Gasteiger partial charge on any atom is 0.242 e. The second-order valence-electron chi connectivity index (χ2n) is 9.65. The number of rotatable bonds is 12. The fourth-order valence-electron chi connectivity index (χ4n) is 4.73. The molecule has 0 spiro atoms. The molecule has 0 saturated heterocycles. The first kappa shape index (κ1) is 27.5. The third kappa shape index (κ3) is 9.53. The van der Waals surface area contributed by atoms with E-state index in [1.165, 1.54) is 37.6 Å². The van der Waals surface area contributed by atoms with Crippen molar-refractivity contribution in [1.29, 1.82) is 0 Å². The summed E-state index contributed by atoms with van der Waals surface area (Å²) in [5, 5.41) is 15.1. The minimum Gasteiger partial charge on any atom is -0.508 e. The molecule has 2 aromatic carbocycles. The van der Waals surface area contributed by atoms with Crippen molar-refractivity contribution in [2.75, 3.05) is 10.5 Å². The number of hydrogen-bond donors (Lipinski definition) is 4. The Morgan fingerprint density at radius 3 is 2.28 bits per heavy atom. The molecule has 2 aromatic rings. The van der Waals surface area contributed by atoms with Gasteiger partial charge >= 0.3 is 0 Å². The average Bonchev–Trinajstić information content (AvgIpc) is 2.84. The summed E-state index contributed by atoms with van der Waals surface area (Å²) in [7, 11) is -3.81. The molecule has 8 nitrogen and oxygen atoms in total. The third-order valence-corrected chi connectivity index (χ3v) is 7.91. The minimum absolute atomic E-state index is 0.0351. The van der Waals surface area contributed by atoms with Gasteiger partial charge < -0.3 is 15.7 Å². The van der Waals surface area contributed by atoms with E-state index >= 15 is 0 Å². The highest BCUT2D eigenvalue weighted by atomic mass is 32.2. The van der Waals surface area contributed by atoms with Crippen LogP contribution in [0.15, 0.2) is 54.6 Å². The maximum atomic E-state index is 13.3. The van der Waals surface area contributed by atoms with Gasteiger partial charge in [0.15, 0.2) is 0 Å². The van der Waals surface area contributed by atoms with E-state index in [1.807, 2.05) is 30.3 Å². The van der Waals surface area contributed by atoms with Crippen LogP contribution in [-0.2, 0) is 26.0 Å². The van der Waals surface area contributed by atoms with Gasteiger partial charge in [0.05, 0.1) is 5.75 Å². The lowest BCUT2D eigenvalue weighted by molar-refractivity contribution is -0.129. The van der Waals surface area contributed by atoms with Crippen LogP contribution in [0.4, 0.5) is 5.69 Å². The zero-order valence-corrected chi connectivity index (χ0v) is 21.6. The van der Waals surface area contributed by atoms with Crippen molar-refractivity contribution < 1.29 is 23.1 Å². The molecule has 1 saturated carbocycles. The van der Waals surface area contributed by atoms with Crippen LogP contribution in [0.1, 0.15) is 57.4 Å². The number of anilines is 1. The van der Waals surface area contributed by atoms with Gasteiger partial charge in [-0.15, -0.1) is 0 Å². The third-order valence-electron chi connectivity index (χ3n) is 6.52. The number of phenols is 1. The van der Waals surface area contributed by atoms with E-state index in [1.54, 1.807) is 0 Å². The number of aromatic hydroxyl groups is 1. The molecule has 3 rings (SSSR count). The zero-order chi connectivity index (χ0) is 26.0. The van der Waals surface area contributed by atoms with Crippen molar-refractivity contribution in [3.8, 4) is 5.75 Å². The summed E-state index contributed by atoms with van der Waals surface area (Å²) in [4.78, 5) is 25.1. The van der Waals surface area contributed by atoms with E-state index in [2.05, 4.69) is 15.4 Å². The lowest BCUT2D eigenvalue weighted by Crippen LogP contribution is -2.51. The fourth-order valence-corrected chi connectivity index (χ4v) is 6.09. The molecule has 9 heteroatoms. The zero-order valence-electron chi connectivity index (χ0n) is 20.8. The predicted octanol–water partition coefficient (Wildman–Crippen LogP) is 3.73. The molecule has 1 fully saturated rings. The van der Waals surface area contributed by atoms with Crippen LogP contribution in [0.3, 0.4) is 0 Å². The molecule has 0 radical (unpaired) electrons. The van der Waals surface area contributed by atoms with Crippen molar-refractivity contribution in [2.24, 2.45) is 5.92 Å². The maximum absolute atomic E-state index is 13.3. The van der Waals surface area contributed by atoms with E-state index in [4.69, 9.17) is 0 Å². The molecule has 1 unspecified atom stereocenters. The van der Waals surface area contributed by atoms with Crippen molar-refractivity contribution in [2.45, 2.75) is 70.4 Å². The fraction of sp³-hybridized carbons (Fsp3) is 0.481. The molecule has 0 bridgehead atoms. The normalized spacial score (nSPS) is 16.0. The smallest absolute Gasteiger partial charge is 0.242 e. The van der Waals surface area contributed by atoms with Crippen LogP contribution in [0, 0.1) is 5.92 Å². The second kappa shape index (κ2) is 13.3. The minimum atomic E-state index is -3.81. The van der Waals surface area contributed by atoms with E-state index in [-0.39, 0.29) is 23.3 Å². The number of sulfonamides is 1. The summed E-state index contributed by atoms with van der Waals surface area (Å²) in [6, 6.07) is 14.1. The number of carbonyl (C=O) groups excluding carboxylic acids is 2. The molecule has 2 amide bonds. The van der Waals surface area contributed by atoms with Crippen molar-refractivity contribution in [3.63, 3.8) is 0 Å². The molecular weight excluding hydrogens is 478 g/mol. The quantitative estimate of drug-likeness (QED) is 0.321. The van der Waals surface area contributed by atoms with Crippen LogP contribution in [-0.4, -0.2) is 43.2 Å². The summed E-state index contributed by atoms with van der Waals surface area (Å²) < 4.78 is 28.4. The van der Waals surface area contributed by atoms with Gasteiger partial charge in [-0.1, -0.05) is 62.4 Å². The molecule has 0 aromatic heterocycles. The molecule has 4 N–H and O–H groups in total. The highest BCUT2D eigenvalue weighted by Gasteiger charge is 2.28. The topological polar surface area (TPSA) is 125 Å². The lowest BCUT2D eigenvalue weighted by atomic mass is 9.84. The first-order valence-corrected chi connectivity index (χ1v) is 14.3. The number of nitrogens with one attached hydrogen (secondary N) is 3. The van der Waals surface area contributed by atoms with Crippen molar-refractivity contribution >= 4 is 27.5 Å². The van der Waals surface area contributed by atoms with E-state index in [0.717, 1.165) is 31.2 Å². The molecule has 196 valence electrons. The van der Waals surface area contributed by atoms with Gasteiger partial charge in [0.1, 0.15) is 11.8 Å². The first-order chi connectivity index (χ1) is 17.2. The Bertz CT molecular complexity index is 1080. The summed E-state index contributed by atoms with van der Waals surface area (Å²) in [5.74, 6) is -0.554. The van der Waals surface area contributed by atoms with Gasteiger partial charge in [-0.2, -0.15) is 0 Å². The first-order valence-electron chi connectivity index (χ1n) is 12.6. The number of aryl methyl sites for hydroxylation is 1. The van der Waals surface area contributed by atoms with E-state index in [0.29, 0.717) is 30.9 Å². The lowest BCUT2D eigenvalue weighted by Gasteiger charge is -2.28. The SMILES string of the molecule is CC(=O)N[C@@H](CC1CCCCC1)C(=O)NC(CCc1ccccc1)CS(=O)(=O)Nc1ccc(O)cc1. The Kier molecular flexibility index (Phi) is 10.2. The Morgan fingerprint density at radius 1 is 0.972 bits per heavy atom. The van der Waals surface area contributed by atoms with E-state index < -0.39 is 22.1 Å². The van der Waals surface area contributed by atoms with Crippen LogP contribution in [0.2, 0.25) is 0 Å². The number of carbonyl (C=O) groups is 2. The monoisotopic (exact) mass is 515 g/mol. The molecule has 1 aliphatic rings. The number of phenolic OH excluding ortho intramolecular Hbond substituents is 1. The van der Waals surface area contributed by atoms with Gasteiger partial charge in [-0.3, -0.25) is 14.3 Å². The number of benzene rings is 2. The average molecular weight is 516 g/mol. The number of amides is 2. The Morgan fingerprint density at radius 2 is 1.64 bits per heavy atom. The van der Waals surface area contributed by atoms with Crippen molar-refractivity contribution in [3.05, 3.63) is 60.2 Å². The standard InChI is InChI=1S/C27H37N3O5S/c1-20(31)28-26(18-22-10-6-3-7-11-22)27(33)29-24(13-12-21-8-4-2-5-9-21)19-36(34,35)30-23-14-16-25(32)17-15-23/h2,4-5,8-9,14-17,22,24,26,30,32H,3,6-7,10-13,18-19H2,1H3,(H,28,31)(H,29,33)/t24?,26-/m0/s1. The highest BCUT2D eigenvalue weighted by Crippen LogP contribution is 2.27. The summed E-state index contributed by atoms with van der Waals surface area (Å²) in [6.07, 6.45) is 7.07. The van der Waals surface area contributed by atoms with Gasteiger partial charge in [0.2, 0.25) is 21.8 Å². The summed E-state index contributed by atoms with van der Waals surface area (Å²) in [6.45, 7) is 1.39.